The molecule has 2 aromatic rings. The number of rotatable bonds is 3. The number of aliphatic imine (C=N–C) groups is 2. The maximum atomic E-state index is 10.3. The van der Waals surface area contributed by atoms with Gasteiger partial charge in [0.25, 0.3) is 0 Å². The van der Waals surface area contributed by atoms with E-state index in [1.54, 1.807) is 18.2 Å². The molecule has 4 heteroatoms. The van der Waals surface area contributed by atoms with Crippen LogP contribution in [0.2, 0.25) is 0 Å². The van der Waals surface area contributed by atoms with Crippen LogP contribution >= 0.6 is 0 Å². The molecule has 0 spiro atoms. The normalized spacial score (nSPS) is 9.50. The smallest absolute Gasteiger partial charge is 0.211 e. The molecule has 0 aliphatic heterocycles. The molecule has 0 aromatic heterocycles. The largest absolute Gasteiger partial charge is 0.240 e. The first-order valence-electron chi connectivity index (χ1n) is 6.03. The molecule has 0 saturated heterocycles. The Bertz CT molecular complexity index is 713. The second-order valence-electron chi connectivity index (χ2n) is 4.41. The van der Waals surface area contributed by atoms with E-state index in [0.29, 0.717) is 11.4 Å². The number of aryl methyl sites for hydroxylation is 2. The highest BCUT2D eigenvalue weighted by molar-refractivity contribution is 5.74. The molecule has 98 valence electrons. The highest BCUT2D eigenvalue weighted by atomic mass is 16.1. The molecule has 20 heavy (non-hydrogen) atoms. The van der Waals surface area contributed by atoms with Gasteiger partial charge in [-0.2, -0.15) is 9.98 Å². The number of hydrogen-bond donors (Lipinski definition) is 0. The van der Waals surface area contributed by atoms with Crippen LogP contribution in [0.1, 0.15) is 11.1 Å². The molecule has 2 aromatic carbocycles. The fourth-order valence-corrected chi connectivity index (χ4v) is 2.27. The van der Waals surface area contributed by atoms with Crippen LogP contribution in [0.4, 0.5) is 11.4 Å². The van der Waals surface area contributed by atoms with Gasteiger partial charge in [0.2, 0.25) is 12.2 Å². The van der Waals surface area contributed by atoms with Crippen molar-refractivity contribution in [3.63, 3.8) is 0 Å². The Labute approximate surface area is 116 Å². The van der Waals surface area contributed by atoms with E-state index in [4.69, 9.17) is 0 Å². The van der Waals surface area contributed by atoms with E-state index in [-0.39, 0.29) is 0 Å². The van der Waals surface area contributed by atoms with Crippen molar-refractivity contribution in [3.8, 4) is 11.1 Å². The quantitative estimate of drug-likeness (QED) is 0.623. The minimum atomic E-state index is 0.571. The van der Waals surface area contributed by atoms with Gasteiger partial charge in [-0.3, -0.25) is 0 Å². The van der Waals surface area contributed by atoms with Gasteiger partial charge < -0.3 is 0 Å². The zero-order valence-corrected chi connectivity index (χ0v) is 11.2. The first-order valence-corrected chi connectivity index (χ1v) is 6.03. The van der Waals surface area contributed by atoms with Crippen LogP contribution < -0.4 is 0 Å². The van der Waals surface area contributed by atoms with Crippen molar-refractivity contribution < 1.29 is 9.59 Å². The van der Waals surface area contributed by atoms with E-state index in [2.05, 4.69) is 9.98 Å². The van der Waals surface area contributed by atoms with Crippen molar-refractivity contribution in [3.05, 3.63) is 47.5 Å². The van der Waals surface area contributed by atoms with Crippen LogP contribution in [0.25, 0.3) is 11.1 Å². The number of hydrogen-bond acceptors (Lipinski definition) is 4. The van der Waals surface area contributed by atoms with Gasteiger partial charge in [-0.05, 0) is 60.4 Å². The zero-order valence-electron chi connectivity index (χ0n) is 11.2. The summed E-state index contributed by atoms with van der Waals surface area (Å²) in [6.07, 6.45) is 3.06. The van der Waals surface area contributed by atoms with Gasteiger partial charge in [0.15, 0.2) is 0 Å². The average Bonchev–Trinajstić information content (AvgIpc) is 2.40. The van der Waals surface area contributed by atoms with E-state index >= 15 is 0 Å². The van der Waals surface area contributed by atoms with Gasteiger partial charge in [-0.15, -0.1) is 0 Å². The molecule has 0 heterocycles. The minimum Gasteiger partial charge on any atom is -0.211 e. The fraction of sp³-hybridized carbons (Fsp3) is 0.125. The number of carbonyl (C=O) groups excluding carboxylic acids is 2. The van der Waals surface area contributed by atoms with Crippen molar-refractivity contribution in [1.82, 2.24) is 0 Å². The Morgan fingerprint density at radius 1 is 0.800 bits per heavy atom. The predicted molar refractivity (Wildman–Crippen MR) is 76.9 cm³/mol. The number of nitrogens with zero attached hydrogens (tertiary/aromatic N) is 2. The number of benzene rings is 2. The number of isocyanates is 2. The van der Waals surface area contributed by atoms with Gasteiger partial charge in [-0.25, -0.2) is 9.59 Å². The molecular weight excluding hydrogens is 252 g/mol. The molecule has 0 aliphatic carbocycles. The Morgan fingerprint density at radius 2 is 1.30 bits per heavy atom. The van der Waals surface area contributed by atoms with Crippen molar-refractivity contribution in [2.45, 2.75) is 13.8 Å². The molecule has 0 amide bonds. The van der Waals surface area contributed by atoms with Gasteiger partial charge in [0, 0.05) is 0 Å². The lowest BCUT2D eigenvalue weighted by Crippen LogP contribution is -1.88. The fourth-order valence-electron chi connectivity index (χ4n) is 2.27. The first kappa shape index (κ1) is 13.6. The summed E-state index contributed by atoms with van der Waals surface area (Å²) in [5.74, 6) is 0. The summed E-state index contributed by atoms with van der Waals surface area (Å²) in [5, 5.41) is 0. The Hall–Kier alpha value is -2.80. The van der Waals surface area contributed by atoms with Gasteiger partial charge in [-0.1, -0.05) is 12.1 Å². The molecule has 0 unspecified atom stereocenters. The summed E-state index contributed by atoms with van der Waals surface area (Å²) in [7, 11) is 0. The molecular formula is C16H12N2O2. The van der Waals surface area contributed by atoms with Crippen LogP contribution in [-0.2, 0) is 9.59 Å². The lowest BCUT2D eigenvalue weighted by atomic mass is 9.95. The second-order valence-corrected chi connectivity index (χ2v) is 4.41. The summed E-state index contributed by atoms with van der Waals surface area (Å²) < 4.78 is 0. The summed E-state index contributed by atoms with van der Waals surface area (Å²) in [6.45, 7) is 3.92. The standard InChI is InChI=1S/C16H12N2O2/c1-11-7-15(18-10-20)8-12(2)16(11)13-3-5-14(6-4-13)17-9-19/h3-8H,1-2H3. The summed E-state index contributed by atoms with van der Waals surface area (Å²) in [5.41, 5.74) is 5.31. The van der Waals surface area contributed by atoms with Crippen LogP contribution in [0.15, 0.2) is 46.4 Å². The third kappa shape index (κ3) is 2.78. The third-order valence-electron chi connectivity index (χ3n) is 3.02. The average molecular weight is 264 g/mol. The first-order chi connectivity index (χ1) is 9.65. The van der Waals surface area contributed by atoms with Crippen molar-refractivity contribution in [2.24, 2.45) is 9.98 Å². The van der Waals surface area contributed by atoms with E-state index in [0.717, 1.165) is 22.3 Å². The lowest BCUT2D eigenvalue weighted by molar-refractivity contribution is 0.564. The van der Waals surface area contributed by atoms with E-state index in [9.17, 15) is 9.59 Å². The molecule has 2 rings (SSSR count). The maximum Gasteiger partial charge on any atom is 0.240 e. The molecule has 0 saturated carbocycles. The molecule has 4 nitrogen and oxygen atoms in total. The highest BCUT2D eigenvalue weighted by Crippen LogP contribution is 2.31. The lowest BCUT2D eigenvalue weighted by Gasteiger charge is -2.11. The van der Waals surface area contributed by atoms with Gasteiger partial charge in [0.05, 0.1) is 11.4 Å². The van der Waals surface area contributed by atoms with E-state index < -0.39 is 0 Å². The van der Waals surface area contributed by atoms with Crippen molar-refractivity contribution >= 4 is 23.5 Å². The SMILES string of the molecule is Cc1cc(N=C=O)cc(C)c1-c1ccc(N=C=O)cc1. The summed E-state index contributed by atoms with van der Waals surface area (Å²) >= 11 is 0. The molecule has 0 bridgehead atoms. The highest BCUT2D eigenvalue weighted by Gasteiger charge is 2.07. The second kappa shape index (κ2) is 5.89. The Morgan fingerprint density at radius 3 is 1.80 bits per heavy atom. The monoisotopic (exact) mass is 264 g/mol. The summed E-state index contributed by atoms with van der Waals surface area (Å²) in [6, 6.07) is 11.0. The molecule has 0 radical (unpaired) electrons. The molecule has 0 aliphatic rings. The van der Waals surface area contributed by atoms with Gasteiger partial charge >= 0.3 is 0 Å². The molecule has 0 N–H and O–H groups in total. The van der Waals surface area contributed by atoms with Crippen LogP contribution in [0.3, 0.4) is 0 Å². The third-order valence-corrected chi connectivity index (χ3v) is 3.02. The van der Waals surface area contributed by atoms with Gasteiger partial charge in [0.1, 0.15) is 0 Å². The summed E-state index contributed by atoms with van der Waals surface area (Å²) in [4.78, 5) is 27.7. The van der Waals surface area contributed by atoms with Crippen molar-refractivity contribution in [2.75, 3.05) is 0 Å². The zero-order chi connectivity index (χ0) is 14.5. The Kier molecular flexibility index (Phi) is 4.02. The van der Waals surface area contributed by atoms with Crippen molar-refractivity contribution in [1.29, 1.82) is 0 Å². The topological polar surface area (TPSA) is 58.9 Å². The molecule has 0 fully saturated rings. The Balaban J connectivity index is 2.52. The minimum absolute atomic E-state index is 0.571. The predicted octanol–water partition coefficient (Wildman–Crippen LogP) is 3.91. The van der Waals surface area contributed by atoms with Crippen LogP contribution in [-0.4, -0.2) is 12.2 Å². The van der Waals surface area contributed by atoms with E-state index in [1.807, 2.05) is 38.1 Å². The van der Waals surface area contributed by atoms with Crippen LogP contribution in [0, 0.1) is 13.8 Å². The molecule has 0 atom stereocenters. The van der Waals surface area contributed by atoms with E-state index in [1.165, 1.54) is 6.08 Å². The maximum absolute atomic E-state index is 10.3. The van der Waals surface area contributed by atoms with Crippen LogP contribution in [0.5, 0.6) is 0 Å².